The van der Waals surface area contributed by atoms with Crippen LogP contribution in [0.25, 0.3) is 0 Å². The lowest BCUT2D eigenvalue weighted by molar-refractivity contribution is 0.0164. The molecule has 1 saturated heterocycles. The number of hydrogen-bond acceptors (Lipinski definition) is 3. The Morgan fingerprint density at radius 2 is 1.71 bits per heavy atom. The quantitative estimate of drug-likeness (QED) is 0.834. The second-order valence-corrected chi connectivity index (χ2v) is 7.04. The summed E-state index contributed by atoms with van der Waals surface area (Å²) in [4.78, 5) is 4.21. The van der Waals surface area contributed by atoms with Crippen LogP contribution in [0.1, 0.15) is 19.4 Å². The van der Waals surface area contributed by atoms with Crippen molar-refractivity contribution in [2.24, 2.45) is 0 Å². The van der Waals surface area contributed by atoms with E-state index in [9.17, 15) is 13.9 Å². The van der Waals surface area contributed by atoms with E-state index in [1.807, 2.05) is 4.90 Å². The van der Waals surface area contributed by atoms with Gasteiger partial charge in [-0.3, -0.25) is 9.80 Å². The van der Waals surface area contributed by atoms with Crippen molar-refractivity contribution in [3.8, 4) is 0 Å². The largest absolute Gasteiger partial charge is 0.389 e. The number of nitrogens with zero attached hydrogens (tertiary/aromatic N) is 2. The summed E-state index contributed by atoms with van der Waals surface area (Å²) >= 11 is 3.09. The molecule has 0 aromatic heterocycles. The van der Waals surface area contributed by atoms with Gasteiger partial charge in [-0.15, -0.1) is 0 Å². The molecule has 1 aromatic carbocycles. The Balaban J connectivity index is 1.94. The number of benzene rings is 1. The van der Waals surface area contributed by atoms with Crippen molar-refractivity contribution in [3.63, 3.8) is 0 Å². The molecule has 6 heteroatoms. The van der Waals surface area contributed by atoms with E-state index in [-0.39, 0.29) is 12.1 Å². The van der Waals surface area contributed by atoms with Crippen molar-refractivity contribution in [2.45, 2.75) is 26.0 Å². The highest BCUT2D eigenvalue weighted by Gasteiger charge is 2.24. The number of rotatable bonds is 4. The molecule has 0 unspecified atom stereocenters. The standard InChI is InChI=1S/C15H21BrF2N2O/c1-15(2,21)10-20-7-5-19(6-8-20)9-11-13(17)4-3-12(16)14(11)18/h3-4,21H,5-10H2,1-2H3. The molecule has 0 radical (unpaired) electrons. The summed E-state index contributed by atoms with van der Waals surface area (Å²) in [6.45, 7) is 7.51. The van der Waals surface area contributed by atoms with E-state index in [1.54, 1.807) is 13.8 Å². The normalized spacial score (nSPS) is 18.2. The third kappa shape index (κ3) is 4.71. The topological polar surface area (TPSA) is 26.7 Å². The summed E-state index contributed by atoms with van der Waals surface area (Å²) in [6, 6.07) is 2.67. The van der Waals surface area contributed by atoms with Crippen LogP contribution in [-0.4, -0.2) is 53.2 Å². The van der Waals surface area contributed by atoms with E-state index >= 15 is 0 Å². The lowest BCUT2D eigenvalue weighted by Crippen LogP contribution is -2.50. The van der Waals surface area contributed by atoms with E-state index in [0.29, 0.717) is 11.0 Å². The van der Waals surface area contributed by atoms with Gasteiger partial charge in [0.05, 0.1) is 10.1 Å². The van der Waals surface area contributed by atoms with E-state index in [1.165, 1.54) is 12.1 Å². The Hall–Kier alpha value is -0.560. The Labute approximate surface area is 132 Å². The number of halogens is 3. The first kappa shape index (κ1) is 16.8. The maximum Gasteiger partial charge on any atom is 0.144 e. The summed E-state index contributed by atoms with van der Waals surface area (Å²) in [5.74, 6) is -1.02. The van der Waals surface area contributed by atoms with Crippen LogP contribution in [0.3, 0.4) is 0 Å². The van der Waals surface area contributed by atoms with Gasteiger partial charge in [-0.25, -0.2) is 8.78 Å². The molecule has 0 atom stereocenters. The smallest absolute Gasteiger partial charge is 0.144 e. The van der Waals surface area contributed by atoms with Crippen LogP contribution in [0.4, 0.5) is 8.78 Å². The summed E-state index contributed by atoms with van der Waals surface area (Å²) in [5, 5.41) is 9.81. The zero-order valence-corrected chi connectivity index (χ0v) is 14.0. The Morgan fingerprint density at radius 3 is 2.29 bits per heavy atom. The van der Waals surface area contributed by atoms with Gasteiger partial charge in [0.2, 0.25) is 0 Å². The summed E-state index contributed by atoms with van der Waals surface area (Å²) in [7, 11) is 0. The molecule has 118 valence electrons. The molecule has 0 amide bonds. The van der Waals surface area contributed by atoms with Gasteiger partial charge in [0.15, 0.2) is 0 Å². The van der Waals surface area contributed by atoms with Crippen molar-refractivity contribution in [1.29, 1.82) is 0 Å². The van der Waals surface area contributed by atoms with Gasteiger partial charge in [0.25, 0.3) is 0 Å². The second kappa shape index (κ2) is 6.69. The van der Waals surface area contributed by atoms with Crippen molar-refractivity contribution >= 4 is 15.9 Å². The van der Waals surface area contributed by atoms with Crippen LogP contribution >= 0.6 is 15.9 Å². The third-order valence-electron chi connectivity index (χ3n) is 3.60. The molecule has 3 nitrogen and oxygen atoms in total. The van der Waals surface area contributed by atoms with Crippen molar-refractivity contribution in [3.05, 3.63) is 33.8 Å². The van der Waals surface area contributed by atoms with Gasteiger partial charge in [0.1, 0.15) is 11.6 Å². The van der Waals surface area contributed by atoms with Gasteiger partial charge >= 0.3 is 0 Å². The number of aliphatic hydroxyl groups is 1. The predicted molar refractivity (Wildman–Crippen MR) is 82.1 cm³/mol. The molecule has 0 saturated carbocycles. The molecule has 1 heterocycles. The fraction of sp³-hybridized carbons (Fsp3) is 0.600. The fourth-order valence-corrected chi connectivity index (χ4v) is 2.96. The minimum absolute atomic E-state index is 0.111. The molecule has 21 heavy (non-hydrogen) atoms. The van der Waals surface area contributed by atoms with Crippen LogP contribution in [0.15, 0.2) is 16.6 Å². The highest BCUT2D eigenvalue weighted by atomic mass is 79.9. The van der Waals surface area contributed by atoms with Crippen LogP contribution in [0.2, 0.25) is 0 Å². The number of hydrogen-bond donors (Lipinski definition) is 1. The predicted octanol–water partition coefficient (Wildman–Crippen LogP) is 2.62. The molecule has 1 aliphatic heterocycles. The van der Waals surface area contributed by atoms with Gasteiger partial charge in [-0.1, -0.05) is 0 Å². The average Bonchev–Trinajstić information content (AvgIpc) is 2.39. The van der Waals surface area contributed by atoms with Gasteiger partial charge in [0, 0.05) is 44.8 Å². The van der Waals surface area contributed by atoms with Gasteiger partial charge in [-0.2, -0.15) is 0 Å². The highest BCUT2D eigenvalue weighted by molar-refractivity contribution is 9.10. The van der Waals surface area contributed by atoms with Crippen LogP contribution in [0, 0.1) is 11.6 Å². The lowest BCUT2D eigenvalue weighted by atomic mass is 10.1. The molecule has 1 aliphatic rings. The average molecular weight is 363 g/mol. The third-order valence-corrected chi connectivity index (χ3v) is 4.21. The molecular formula is C15H21BrF2N2O. The molecule has 0 aliphatic carbocycles. The van der Waals surface area contributed by atoms with Crippen molar-refractivity contribution in [1.82, 2.24) is 9.80 Å². The Bertz CT molecular complexity index is 497. The first-order valence-corrected chi connectivity index (χ1v) is 7.85. The Kier molecular flexibility index (Phi) is 5.35. The second-order valence-electron chi connectivity index (χ2n) is 6.19. The lowest BCUT2D eigenvalue weighted by Gasteiger charge is -2.37. The maximum atomic E-state index is 14.0. The zero-order valence-electron chi connectivity index (χ0n) is 12.4. The number of β-amino-alcohol motifs (C(OH)–C–C–N with tert-alkyl or cyclic N) is 1. The van der Waals surface area contributed by atoms with Crippen molar-refractivity contribution in [2.75, 3.05) is 32.7 Å². The number of piperazine rings is 1. The zero-order chi connectivity index (χ0) is 15.6. The van der Waals surface area contributed by atoms with Crippen molar-refractivity contribution < 1.29 is 13.9 Å². The Morgan fingerprint density at radius 1 is 1.14 bits per heavy atom. The first-order chi connectivity index (χ1) is 9.76. The minimum atomic E-state index is -0.718. The summed E-state index contributed by atoms with van der Waals surface area (Å²) in [6.07, 6.45) is 0. The maximum absolute atomic E-state index is 14.0. The van der Waals surface area contributed by atoms with Crippen LogP contribution in [0.5, 0.6) is 0 Å². The van der Waals surface area contributed by atoms with Crippen LogP contribution < -0.4 is 0 Å². The van der Waals surface area contributed by atoms with E-state index < -0.39 is 17.2 Å². The fourth-order valence-electron chi connectivity index (χ4n) is 2.59. The summed E-state index contributed by atoms with van der Waals surface area (Å²) in [5.41, 5.74) is -0.606. The van der Waals surface area contributed by atoms with Gasteiger partial charge in [-0.05, 0) is 41.9 Å². The van der Waals surface area contributed by atoms with Gasteiger partial charge < -0.3 is 5.11 Å². The summed E-state index contributed by atoms with van der Waals surface area (Å²) < 4.78 is 28.0. The molecule has 2 rings (SSSR count). The molecule has 1 aromatic rings. The van der Waals surface area contributed by atoms with E-state index in [2.05, 4.69) is 20.8 Å². The monoisotopic (exact) mass is 362 g/mol. The molecular weight excluding hydrogens is 342 g/mol. The highest BCUT2D eigenvalue weighted by Crippen LogP contribution is 2.23. The van der Waals surface area contributed by atoms with Crippen LogP contribution in [-0.2, 0) is 6.54 Å². The first-order valence-electron chi connectivity index (χ1n) is 7.06. The SMILES string of the molecule is CC(C)(O)CN1CCN(Cc2c(F)ccc(Br)c2F)CC1. The van der Waals surface area contributed by atoms with E-state index in [0.717, 1.165) is 26.2 Å². The van der Waals surface area contributed by atoms with E-state index in [4.69, 9.17) is 0 Å². The molecule has 0 bridgehead atoms. The molecule has 1 N–H and O–H groups in total. The molecule has 0 spiro atoms. The molecule has 1 fully saturated rings. The minimum Gasteiger partial charge on any atom is -0.389 e.